The average Bonchev–Trinajstić information content (AvgIpc) is 2.90. The van der Waals surface area contributed by atoms with E-state index in [9.17, 15) is 15.2 Å². The summed E-state index contributed by atoms with van der Waals surface area (Å²) in [6.07, 6.45) is 1.55. The summed E-state index contributed by atoms with van der Waals surface area (Å²) >= 11 is 0. The van der Waals surface area contributed by atoms with Crippen molar-refractivity contribution in [2.24, 2.45) is 5.92 Å². The SMILES string of the molecule is C=CC[C@H]1[C@@H](C[N+](=O)[O-])c2cc3ccccc3n2[C@H]1O. The van der Waals surface area contributed by atoms with Crippen LogP contribution < -0.4 is 0 Å². The van der Waals surface area contributed by atoms with Gasteiger partial charge < -0.3 is 9.67 Å². The Morgan fingerprint density at radius 2 is 2.20 bits per heavy atom. The van der Waals surface area contributed by atoms with Crippen LogP contribution in [0.15, 0.2) is 43.0 Å². The summed E-state index contributed by atoms with van der Waals surface area (Å²) in [5.41, 5.74) is 1.78. The first kappa shape index (κ1) is 12.9. The van der Waals surface area contributed by atoms with E-state index in [1.54, 1.807) is 6.08 Å². The van der Waals surface area contributed by atoms with Crippen molar-refractivity contribution in [3.8, 4) is 0 Å². The van der Waals surface area contributed by atoms with Gasteiger partial charge in [-0.05, 0) is 23.9 Å². The third-order valence-corrected chi connectivity index (χ3v) is 4.11. The van der Waals surface area contributed by atoms with E-state index in [0.717, 1.165) is 16.6 Å². The summed E-state index contributed by atoms with van der Waals surface area (Å²) in [6, 6.07) is 9.68. The first-order valence-electron chi connectivity index (χ1n) is 6.64. The van der Waals surface area contributed by atoms with Crippen LogP contribution in [-0.2, 0) is 0 Å². The van der Waals surface area contributed by atoms with Crippen LogP contribution >= 0.6 is 0 Å². The number of aliphatic hydroxyl groups excluding tert-OH is 1. The van der Waals surface area contributed by atoms with Gasteiger partial charge in [-0.25, -0.2) is 0 Å². The summed E-state index contributed by atoms with van der Waals surface area (Å²) in [7, 11) is 0. The Kier molecular flexibility index (Phi) is 3.06. The molecule has 0 saturated heterocycles. The minimum atomic E-state index is -0.729. The fourth-order valence-electron chi connectivity index (χ4n) is 3.26. The van der Waals surface area contributed by atoms with Crippen LogP contribution in [-0.4, -0.2) is 21.1 Å². The molecular formula is C15H16N2O3. The van der Waals surface area contributed by atoms with Crippen molar-refractivity contribution >= 4 is 10.9 Å². The molecule has 0 amide bonds. The number of para-hydroxylation sites is 1. The molecule has 1 aliphatic rings. The highest BCUT2D eigenvalue weighted by Crippen LogP contribution is 2.45. The Morgan fingerprint density at radius 3 is 2.90 bits per heavy atom. The Hall–Kier alpha value is -2.14. The molecule has 1 aliphatic heterocycles. The van der Waals surface area contributed by atoms with Crippen molar-refractivity contribution in [3.63, 3.8) is 0 Å². The fraction of sp³-hybridized carbons (Fsp3) is 0.333. The topological polar surface area (TPSA) is 68.3 Å². The molecule has 0 fully saturated rings. The first-order chi connectivity index (χ1) is 9.63. The molecule has 1 N–H and O–H groups in total. The Bertz CT molecular complexity index is 677. The van der Waals surface area contributed by atoms with Crippen LogP contribution in [0.2, 0.25) is 0 Å². The van der Waals surface area contributed by atoms with Crippen molar-refractivity contribution in [1.82, 2.24) is 4.57 Å². The standard InChI is InChI=1S/C15H16N2O3/c1-2-5-11-12(9-16(19)20)14-8-10-6-3-4-7-13(10)17(14)15(11)18/h2-4,6-8,11-12,15,18H,1,5,9H2/t11-,12+,15-/m0/s1. The predicted octanol–water partition coefficient (Wildman–Crippen LogP) is 2.70. The van der Waals surface area contributed by atoms with Crippen LogP contribution in [0.4, 0.5) is 0 Å². The highest BCUT2D eigenvalue weighted by atomic mass is 16.6. The zero-order valence-corrected chi connectivity index (χ0v) is 11.0. The monoisotopic (exact) mass is 272 g/mol. The van der Waals surface area contributed by atoms with Crippen molar-refractivity contribution in [2.45, 2.75) is 18.6 Å². The van der Waals surface area contributed by atoms with Crippen molar-refractivity contribution in [3.05, 3.63) is 58.8 Å². The second-order valence-electron chi connectivity index (χ2n) is 5.22. The summed E-state index contributed by atoms with van der Waals surface area (Å²) in [4.78, 5) is 10.6. The molecule has 0 bridgehead atoms. The molecule has 1 aromatic carbocycles. The van der Waals surface area contributed by atoms with E-state index < -0.39 is 6.23 Å². The van der Waals surface area contributed by atoms with E-state index in [1.165, 1.54) is 0 Å². The lowest BCUT2D eigenvalue weighted by atomic mass is 9.88. The minimum absolute atomic E-state index is 0.161. The predicted molar refractivity (Wildman–Crippen MR) is 76.1 cm³/mol. The van der Waals surface area contributed by atoms with Crippen LogP contribution in [0.5, 0.6) is 0 Å². The quantitative estimate of drug-likeness (QED) is 0.528. The molecule has 0 spiro atoms. The van der Waals surface area contributed by atoms with Crippen molar-refractivity contribution < 1.29 is 10.0 Å². The van der Waals surface area contributed by atoms with E-state index in [0.29, 0.717) is 6.42 Å². The van der Waals surface area contributed by atoms with Crippen molar-refractivity contribution in [1.29, 1.82) is 0 Å². The summed E-state index contributed by atoms with van der Waals surface area (Å²) in [6.45, 7) is 3.53. The molecule has 5 nitrogen and oxygen atoms in total. The number of nitro groups is 1. The maximum atomic E-state index is 10.9. The van der Waals surface area contributed by atoms with Gasteiger partial charge in [0.05, 0.1) is 11.4 Å². The Balaban J connectivity index is 2.13. The lowest BCUT2D eigenvalue weighted by molar-refractivity contribution is -0.485. The second kappa shape index (κ2) is 4.76. The molecule has 1 aromatic heterocycles. The minimum Gasteiger partial charge on any atom is -0.373 e. The van der Waals surface area contributed by atoms with E-state index in [1.807, 2.05) is 34.9 Å². The molecule has 3 atom stereocenters. The van der Waals surface area contributed by atoms with Gasteiger partial charge in [0.25, 0.3) is 0 Å². The number of fused-ring (bicyclic) bond motifs is 3. The van der Waals surface area contributed by atoms with E-state index in [4.69, 9.17) is 0 Å². The lowest BCUT2D eigenvalue weighted by Crippen LogP contribution is -2.20. The molecular weight excluding hydrogens is 256 g/mol. The van der Waals surface area contributed by atoms with Gasteiger partial charge in [0.15, 0.2) is 0 Å². The fourth-order valence-corrected chi connectivity index (χ4v) is 3.26. The second-order valence-corrected chi connectivity index (χ2v) is 5.22. The average molecular weight is 272 g/mol. The van der Waals surface area contributed by atoms with Crippen LogP contribution in [0.25, 0.3) is 10.9 Å². The van der Waals surface area contributed by atoms with Gasteiger partial charge >= 0.3 is 0 Å². The first-order valence-corrected chi connectivity index (χ1v) is 6.64. The number of rotatable bonds is 4. The molecule has 5 heteroatoms. The molecule has 20 heavy (non-hydrogen) atoms. The molecule has 2 aromatic rings. The molecule has 2 heterocycles. The number of benzene rings is 1. The van der Waals surface area contributed by atoms with Crippen molar-refractivity contribution in [2.75, 3.05) is 6.54 Å². The number of allylic oxidation sites excluding steroid dienone is 1. The zero-order valence-electron chi connectivity index (χ0n) is 11.0. The highest BCUT2D eigenvalue weighted by Gasteiger charge is 2.42. The molecule has 0 unspecified atom stereocenters. The third kappa shape index (κ3) is 1.82. The van der Waals surface area contributed by atoms with Gasteiger partial charge in [0.1, 0.15) is 6.23 Å². The van der Waals surface area contributed by atoms with E-state index in [-0.39, 0.29) is 23.3 Å². The highest BCUT2D eigenvalue weighted by molar-refractivity contribution is 5.82. The number of hydrogen-bond acceptors (Lipinski definition) is 3. The lowest BCUT2D eigenvalue weighted by Gasteiger charge is -2.18. The van der Waals surface area contributed by atoms with Crippen LogP contribution in [0.1, 0.15) is 24.3 Å². The maximum Gasteiger partial charge on any atom is 0.212 e. The van der Waals surface area contributed by atoms with E-state index in [2.05, 4.69) is 6.58 Å². The van der Waals surface area contributed by atoms with Gasteiger partial charge in [-0.15, -0.1) is 6.58 Å². The van der Waals surface area contributed by atoms with Gasteiger partial charge in [-0.2, -0.15) is 0 Å². The van der Waals surface area contributed by atoms with Gasteiger partial charge in [-0.3, -0.25) is 10.1 Å². The summed E-state index contributed by atoms with van der Waals surface area (Å²) in [5, 5.41) is 22.5. The number of nitrogens with zero attached hydrogens (tertiary/aromatic N) is 2. The summed E-state index contributed by atoms with van der Waals surface area (Å²) in [5.74, 6) is -0.456. The third-order valence-electron chi connectivity index (χ3n) is 4.11. The smallest absolute Gasteiger partial charge is 0.212 e. The Labute approximate surface area is 116 Å². The molecule has 0 aliphatic carbocycles. The van der Waals surface area contributed by atoms with Crippen LogP contribution in [0, 0.1) is 16.0 Å². The maximum absolute atomic E-state index is 10.9. The number of hydrogen-bond donors (Lipinski definition) is 1. The molecule has 0 radical (unpaired) electrons. The van der Waals surface area contributed by atoms with Gasteiger partial charge in [-0.1, -0.05) is 24.3 Å². The Morgan fingerprint density at radius 1 is 1.45 bits per heavy atom. The van der Waals surface area contributed by atoms with E-state index >= 15 is 0 Å². The molecule has 3 rings (SSSR count). The molecule has 104 valence electrons. The molecule has 0 saturated carbocycles. The zero-order chi connectivity index (χ0) is 14.3. The largest absolute Gasteiger partial charge is 0.373 e. The van der Waals surface area contributed by atoms with Gasteiger partial charge in [0.2, 0.25) is 6.54 Å². The van der Waals surface area contributed by atoms with Gasteiger partial charge in [0, 0.05) is 16.5 Å². The summed E-state index contributed by atoms with van der Waals surface area (Å²) < 4.78 is 1.83. The number of aromatic nitrogens is 1. The normalized spacial score (nSPS) is 24.8. The number of aliphatic hydroxyl groups is 1. The van der Waals surface area contributed by atoms with Crippen LogP contribution in [0.3, 0.4) is 0 Å².